The molecular weight excluding hydrogens is 202 g/mol. The molecule has 16 heavy (non-hydrogen) atoms. The zero-order chi connectivity index (χ0) is 12.0. The van der Waals surface area contributed by atoms with Crippen LogP contribution in [-0.4, -0.2) is 41.2 Å². The van der Waals surface area contributed by atoms with E-state index in [1.165, 1.54) is 0 Å². The molecular formula is C12H21N3O. The highest BCUT2D eigenvalue weighted by Gasteiger charge is 2.10. The molecule has 4 nitrogen and oxygen atoms in total. The van der Waals surface area contributed by atoms with Gasteiger partial charge in [-0.3, -0.25) is 9.88 Å². The molecule has 0 saturated carbocycles. The number of aliphatic hydroxyl groups is 1. The van der Waals surface area contributed by atoms with Crippen LogP contribution in [0.15, 0.2) is 18.3 Å². The lowest BCUT2D eigenvalue weighted by Crippen LogP contribution is -2.33. The van der Waals surface area contributed by atoms with Crippen molar-refractivity contribution in [1.82, 2.24) is 9.88 Å². The minimum absolute atomic E-state index is 0.184. The van der Waals surface area contributed by atoms with E-state index < -0.39 is 0 Å². The third-order valence-corrected chi connectivity index (χ3v) is 2.59. The normalized spacial score (nSPS) is 11.1. The van der Waals surface area contributed by atoms with E-state index in [9.17, 15) is 0 Å². The summed E-state index contributed by atoms with van der Waals surface area (Å²) in [5.74, 6) is 0. The second-order valence-corrected chi connectivity index (χ2v) is 4.07. The first-order valence-electron chi connectivity index (χ1n) is 5.65. The molecule has 1 rings (SSSR count). The Balaban J connectivity index is 2.68. The predicted molar refractivity (Wildman–Crippen MR) is 66.4 cm³/mol. The maximum atomic E-state index is 8.99. The molecule has 1 aromatic rings. The number of aliphatic hydroxyl groups excluding tert-OH is 1. The predicted octanol–water partition coefficient (Wildman–Crippen LogP) is 1.33. The van der Waals surface area contributed by atoms with Gasteiger partial charge >= 0.3 is 0 Å². The fourth-order valence-electron chi connectivity index (χ4n) is 1.58. The smallest absolute Gasteiger partial charge is 0.0564 e. The molecule has 0 spiro atoms. The van der Waals surface area contributed by atoms with E-state index in [0.29, 0.717) is 12.6 Å². The van der Waals surface area contributed by atoms with E-state index in [1.807, 2.05) is 19.2 Å². The summed E-state index contributed by atoms with van der Waals surface area (Å²) in [6, 6.07) is 4.38. The number of nitrogens with zero attached hydrogens (tertiary/aromatic N) is 2. The number of hydrogen-bond acceptors (Lipinski definition) is 4. The standard InChI is InChI=1S/C12H21N3O/c1-10(2)15(6-7-16)9-12-8-11(13-3)4-5-14-12/h4-5,8,10,16H,6-7,9H2,1-3H3,(H,13,14). The van der Waals surface area contributed by atoms with Gasteiger partial charge in [0.25, 0.3) is 0 Å². The molecule has 0 aromatic carbocycles. The third-order valence-electron chi connectivity index (χ3n) is 2.59. The van der Waals surface area contributed by atoms with Crippen LogP contribution in [0.5, 0.6) is 0 Å². The van der Waals surface area contributed by atoms with Crippen LogP contribution in [0, 0.1) is 0 Å². The Morgan fingerprint density at radius 1 is 1.50 bits per heavy atom. The van der Waals surface area contributed by atoms with Crippen LogP contribution >= 0.6 is 0 Å². The van der Waals surface area contributed by atoms with Crippen LogP contribution < -0.4 is 5.32 Å². The van der Waals surface area contributed by atoms with Gasteiger partial charge in [-0.2, -0.15) is 0 Å². The fourth-order valence-corrected chi connectivity index (χ4v) is 1.58. The monoisotopic (exact) mass is 223 g/mol. The first-order valence-corrected chi connectivity index (χ1v) is 5.65. The largest absolute Gasteiger partial charge is 0.395 e. The van der Waals surface area contributed by atoms with Crippen LogP contribution in [0.1, 0.15) is 19.5 Å². The summed E-state index contributed by atoms with van der Waals surface area (Å²) in [7, 11) is 1.90. The highest BCUT2D eigenvalue weighted by molar-refractivity contribution is 5.42. The average molecular weight is 223 g/mol. The van der Waals surface area contributed by atoms with Crippen molar-refractivity contribution in [1.29, 1.82) is 0 Å². The molecule has 2 N–H and O–H groups in total. The number of nitrogens with one attached hydrogen (secondary N) is 1. The molecule has 0 fully saturated rings. The molecule has 0 radical (unpaired) electrons. The number of aromatic nitrogens is 1. The lowest BCUT2D eigenvalue weighted by Gasteiger charge is -2.25. The Bertz CT molecular complexity index is 315. The van der Waals surface area contributed by atoms with E-state index in [-0.39, 0.29) is 6.61 Å². The molecule has 0 aliphatic rings. The summed E-state index contributed by atoms with van der Waals surface area (Å²) in [6.45, 7) is 5.88. The van der Waals surface area contributed by atoms with Crippen molar-refractivity contribution in [3.63, 3.8) is 0 Å². The van der Waals surface area contributed by atoms with Gasteiger partial charge in [0.2, 0.25) is 0 Å². The summed E-state index contributed by atoms with van der Waals surface area (Å²) < 4.78 is 0. The SMILES string of the molecule is CNc1ccnc(CN(CCO)C(C)C)c1. The molecule has 0 aliphatic heterocycles. The topological polar surface area (TPSA) is 48.4 Å². The minimum atomic E-state index is 0.184. The van der Waals surface area contributed by atoms with Gasteiger partial charge in [0.15, 0.2) is 0 Å². The quantitative estimate of drug-likeness (QED) is 0.764. The summed E-state index contributed by atoms with van der Waals surface area (Å²) in [5.41, 5.74) is 2.09. The summed E-state index contributed by atoms with van der Waals surface area (Å²) in [5, 5.41) is 12.1. The third kappa shape index (κ3) is 3.79. The van der Waals surface area contributed by atoms with E-state index in [0.717, 1.165) is 17.9 Å². The van der Waals surface area contributed by atoms with Crippen molar-refractivity contribution in [3.8, 4) is 0 Å². The number of anilines is 1. The van der Waals surface area contributed by atoms with Crippen molar-refractivity contribution in [2.45, 2.75) is 26.4 Å². The van der Waals surface area contributed by atoms with Crippen LogP contribution in [0.4, 0.5) is 5.69 Å². The number of rotatable bonds is 6. The second kappa shape index (κ2) is 6.45. The highest BCUT2D eigenvalue weighted by Crippen LogP contribution is 2.10. The van der Waals surface area contributed by atoms with Crippen molar-refractivity contribution < 1.29 is 5.11 Å². The van der Waals surface area contributed by atoms with Gasteiger partial charge in [0, 0.05) is 38.1 Å². The van der Waals surface area contributed by atoms with Crippen molar-refractivity contribution in [3.05, 3.63) is 24.0 Å². The van der Waals surface area contributed by atoms with Crippen LogP contribution in [-0.2, 0) is 6.54 Å². The average Bonchev–Trinajstić information content (AvgIpc) is 2.28. The summed E-state index contributed by atoms with van der Waals surface area (Å²) in [4.78, 5) is 6.52. The number of pyridine rings is 1. The van der Waals surface area contributed by atoms with Crippen molar-refractivity contribution in [2.24, 2.45) is 0 Å². The van der Waals surface area contributed by atoms with Crippen molar-refractivity contribution in [2.75, 3.05) is 25.5 Å². The Kier molecular flexibility index (Phi) is 5.22. The summed E-state index contributed by atoms with van der Waals surface area (Å²) in [6.07, 6.45) is 1.80. The van der Waals surface area contributed by atoms with Gasteiger partial charge in [0.1, 0.15) is 0 Å². The Hall–Kier alpha value is -1.13. The fraction of sp³-hybridized carbons (Fsp3) is 0.583. The van der Waals surface area contributed by atoms with Gasteiger partial charge in [-0.25, -0.2) is 0 Å². The lowest BCUT2D eigenvalue weighted by molar-refractivity contribution is 0.158. The Morgan fingerprint density at radius 3 is 2.81 bits per heavy atom. The van der Waals surface area contributed by atoms with Gasteiger partial charge in [0.05, 0.1) is 12.3 Å². The molecule has 0 amide bonds. The molecule has 0 unspecified atom stereocenters. The Labute approximate surface area is 97.3 Å². The molecule has 1 aromatic heterocycles. The van der Waals surface area contributed by atoms with E-state index >= 15 is 0 Å². The highest BCUT2D eigenvalue weighted by atomic mass is 16.3. The van der Waals surface area contributed by atoms with Crippen molar-refractivity contribution >= 4 is 5.69 Å². The molecule has 90 valence electrons. The minimum Gasteiger partial charge on any atom is -0.395 e. The lowest BCUT2D eigenvalue weighted by atomic mass is 10.2. The van der Waals surface area contributed by atoms with E-state index in [4.69, 9.17) is 5.11 Å². The molecule has 0 bridgehead atoms. The van der Waals surface area contributed by atoms with Crippen LogP contribution in [0.2, 0.25) is 0 Å². The Morgan fingerprint density at radius 2 is 2.25 bits per heavy atom. The van der Waals surface area contributed by atoms with E-state index in [1.54, 1.807) is 6.20 Å². The summed E-state index contributed by atoms with van der Waals surface area (Å²) >= 11 is 0. The first kappa shape index (κ1) is 12.9. The molecule has 0 atom stereocenters. The maximum Gasteiger partial charge on any atom is 0.0564 e. The van der Waals surface area contributed by atoms with E-state index in [2.05, 4.69) is 29.0 Å². The molecule has 0 aliphatic carbocycles. The van der Waals surface area contributed by atoms with Gasteiger partial charge in [-0.05, 0) is 26.0 Å². The zero-order valence-electron chi connectivity index (χ0n) is 10.3. The molecule has 1 heterocycles. The molecule has 0 saturated heterocycles. The van der Waals surface area contributed by atoms with Gasteiger partial charge in [-0.1, -0.05) is 0 Å². The molecule has 4 heteroatoms. The van der Waals surface area contributed by atoms with Crippen LogP contribution in [0.25, 0.3) is 0 Å². The van der Waals surface area contributed by atoms with Gasteiger partial charge < -0.3 is 10.4 Å². The second-order valence-electron chi connectivity index (χ2n) is 4.07. The maximum absolute atomic E-state index is 8.99. The number of hydrogen-bond donors (Lipinski definition) is 2. The van der Waals surface area contributed by atoms with Crippen LogP contribution in [0.3, 0.4) is 0 Å². The zero-order valence-corrected chi connectivity index (χ0v) is 10.3. The van der Waals surface area contributed by atoms with Gasteiger partial charge in [-0.15, -0.1) is 0 Å². The first-order chi connectivity index (χ1) is 7.67.